The van der Waals surface area contributed by atoms with Crippen molar-refractivity contribution in [1.29, 1.82) is 0 Å². The van der Waals surface area contributed by atoms with Crippen molar-refractivity contribution in [2.75, 3.05) is 26.2 Å². The summed E-state index contributed by atoms with van der Waals surface area (Å²) in [6.45, 7) is 4.31. The Balaban J connectivity index is 1.54. The molecule has 0 radical (unpaired) electrons. The van der Waals surface area contributed by atoms with Crippen LogP contribution in [0.3, 0.4) is 0 Å². The number of carbonyl (C=O) groups is 1. The molecule has 5 nitrogen and oxygen atoms in total. The number of rotatable bonds is 5. The van der Waals surface area contributed by atoms with Crippen molar-refractivity contribution in [3.05, 3.63) is 28.3 Å². The molecule has 22 heavy (non-hydrogen) atoms. The number of hydrogen-bond acceptors (Lipinski definition) is 4. The highest BCUT2D eigenvalue weighted by Crippen LogP contribution is 2.20. The number of likely N-dealkylation sites (tertiary alicyclic amines) is 1. The smallest absolute Gasteiger partial charge is 0.423 e. The molecule has 0 aliphatic carbocycles. The van der Waals surface area contributed by atoms with Crippen LogP contribution in [-0.4, -0.2) is 49.1 Å². The van der Waals surface area contributed by atoms with Crippen LogP contribution in [0.1, 0.15) is 35.2 Å². The van der Waals surface area contributed by atoms with Gasteiger partial charge in [0.1, 0.15) is 0 Å². The van der Waals surface area contributed by atoms with Gasteiger partial charge < -0.3 is 19.9 Å². The highest BCUT2D eigenvalue weighted by Gasteiger charge is 2.29. The van der Waals surface area contributed by atoms with Crippen LogP contribution >= 0.6 is 11.6 Å². The van der Waals surface area contributed by atoms with Gasteiger partial charge in [-0.3, -0.25) is 4.79 Å². The van der Waals surface area contributed by atoms with Crippen LogP contribution < -0.4 is 10.8 Å². The van der Waals surface area contributed by atoms with Crippen LogP contribution in [-0.2, 0) is 11.3 Å². The van der Waals surface area contributed by atoms with E-state index < -0.39 is 7.12 Å². The zero-order chi connectivity index (χ0) is 15.5. The van der Waals surface area contributed by atoms with Gasteiger partial charge in [0.15, 0.2) is 0 Å². The summed E-state index contributed by atoms with van der Waals surface area (Å²) in [4.78, 5) is 14.7. The fourth-order valence-corrected chi connectivity index (χ4v) is 3.30. The minimum absolute atomic E-state index is 0.201. The van der Waals surface area contributed by atoms with Gasteiger partial charge in [-0.1, -0.05) is 11.6 Å². The monoisotopic (exact) mass is 322 g/mol. The Bertz CT molecular complexity index is 564. The Morgan fingerprint density at radius 3 is 2.95 bits per heavy atom. The molecule has 0 saturated carbocycles. The molecule has 0 aromatic heterocycles. The first-order chi connectivity index (χ1) is 10.6. The number of nitrogens with zero attached hydrogens (tertiary/aromatic N) is 1. The van der Waals surface area contributed by atoms with Crippen molar-refractivity contribution in [1.82, 2.24) is 10.2 Å². The highest BCUT2D eigenvalue weighted by molar-refractivity contribution is 6.61. The van der Waals surface area contributed by atoms with Gasteiger partial charge in [-0.05, 0) is 62.1 Å². The molecule has 7 heteroatoms. The maximum Gasteiger partial charge on any atom is 0.491 e. The molecule has 0 atom stereocenters. The van der Waals surface area contributed by atoms with E-state index in [1.54, 1.807) is 12.1 Å². The minimum atomic E-state index is -0.964. The van der Waals surface area contributed by atoms with Crippen molar-refractivity contribution in [3.63, 3.8) is 0 Å². The van der Waals surface area contributed by atoms with E-state index in [4.69, 9.17) is 16.3 Å². The zero-order valence-corrected chi connectivity index (χ0v) is 13.2. The van der Waals surface area contributed by atoms with Crippen LogP contribution in [0.2, 0.25) is 5.02 Å². The molecule has 1 aromatic carbocycles. The lowest BCUT2D eigenvalue weighted by molar-refractivity contribution is 0.0952. The van der Waals surface area contributed by atoms with E-state index in [-0.39, 0.29) is 5.91 Å². The molecular formula is C15H20BClN2O3. The fraction of sp³-hybridized carbons (Fsp3) is 0.533. The average Bonchev–Trinajstić information content (AvgIpc) is 3.13. The lowest BCUT2D eigenvalue weighted by Crippen LogP contribution is -2.32. The molecule has 3 rings (SSSR count). The van der Waals surface area contributed by atoms with E-state index in [9.17, 15) is 9.82 Å². The SMILES string of the molecule is O=C(NCCCN1CCCC1)c1cc2c(cc1Cl)COB2O. The van der Waals surface area contributed by atoms with E-state index in [1.807, 2.05) is 0 Å². The third-order valence-electron chi connectivity index (χ3n) is 4.27. The molecule has 1 amide bonds. The van der Waals surface area contributed by atoms with Crippen molar-refractivity contribution in [2.24, 2.45) is 0 Å². The van der Waals surface area contributed by atoms with Crippen molar-refractivity contribution >= 4 is 30.1 Å². The van der Waals surface area contributed by atoms with E-state index in [1.165, 1.54) is 25.9 Å². The number of hydrogen-bond donors (Lipinski definition) is 2. The lowest BCUT2D eigenvalue weighted by atomic mass is 9.78. The quantitative estimate of drug-likeness (QED) is 0.621. The summed E-state index contributed by atoms with van der Waals surface area (Å²) < 4.78 is 5.13. The van der Waals surface area contributed by atoms with E-state index in [0.29, 0.717) is 29.2 Å². The molecule has 0 bridgehead atoms. The van der Waals surface area contributed by atoms with Gasteiger partial charge in [-0.15, -0.1) is 0 Å². The third-order valence-corrected chi connectivity index (χ3v) is 4.58. The summed E-state index contributed by atoms with van der Waals surface area (Å²) in [7, 11) is -0.964. The minimum Gasteiger partial charge on any atom is -0.423 e. The summed E-state index contributed by atoms with van der Waals surface area (Å²) >= 11 is 6.16. The summed E-state index contributed by atoms with van der Waals surface area (Å²) in [5.74, 6) is -0.201. The second-order valence-corrected chi connectivity index (χ2v) is 6.26. The maximum absolute atomic E-state index is 12.2. The van der Waals surface area contributed by atoms with Crippen LogP contribution in [0.15, 0.2) is 12.1 Å². The molecule has 0 unspecified atom stereocenters. The molecular weight excluding hydrogens is 302 g/mol. The molecule has 2 aliphatic heterocycles. The van der Waals surface area contributed by atoms with Gasteiger partial charge in [-0.25, -0.2) is 0 Å². The van der Waals surface area contributed by atoms with Crippen LogP contribution in [0.25, 0.3) is 0 Å². The standard InChI is InChI=1S/C15H20BClN2O3/c17-14-8-11-10-22-16(21)13(11)9-12(14)15(20)18-4-3-7-19-5-1-2-6-19/h8-9,21H,1-7,10H2,(H,18,20). The average molecular weight is 323 g/mol. The number of nitrogens with one attached hydrogen (secondary N) is 1. The van der Waals surface area contributed by atoms with Gasteiger partial charge in [0.2, 0.25) is 0 Å². The second-order valence-electron chi connectivity index (χ2n) is 5.85. The van der Waals surface area contributed by atoms with E-state index >= 15 is 0 Å². The third kappa shape index (κ3) is 3.46. The molecule has 2 heterocycles. The number of benzene rings is 1. The maximum atomic E-state index is 12.2. The van der Waals surface area contributed by atoms with E-state index in [2.05, 4.69) is 10.2 Å². The second kappa shape index (κ2) is 7.00. The first-order valence-electron chi connectivity index (χ1n) is 7.77. The molecule has 1 fully saturated rings. The number of halogens is 1. The number of amides is 1. The van der Waals surface area contributed by atoms with Crippen molar-refractivity contribution in [2.45, 2.75) is 25.9 Å². The number of carbonyl (C=O) groups excluding carboxylic acids is 1. The Morgan fingerprint density at radius 2 is 2.18 bits per heavy atom. The van der Waals surface area contributed by atoms with Crippen LogP contribution in [0.4, 0.5) is 0 Å². The van der Waals surface area contributed by atoms with Crippen LogP contribution in [0, 0.1) is 0 Å². The predicted molar refractivity (Wildman–Crippen MR) is 86.5 cm³/mol. The molecule has 2 aliphatic rings. The van der Waals surface area contributed by atoms with Gasteiger partial charge >= 0.3 is 7.12 Å². The zero-order valence-electron chi connectivity index (χ0n) is 12.5. The van der Waals surface area contributed by atoms with Gasteiger partial charge in [0.05, 0.1) is 17.2 Å². The topological polar surface area (TPSA) is 61.8 Å². The summed E-state index contributed by atoms with van der Waals surface area (Å²) in [6.07, 6.45) is 3.49. The predicted octanol–water partition coefficient (Wildman–Crippen LogP) is 0.773. The first-order valence-corrected chi connectivity index (χ1v) is 8.15. The molecule has 118 valence electrons. The molecule has 1 aromatic rings. The normalized spacial score (nSPS) is 17.8. The number of fused-ring (bicyclic) bond motifs is 1. The Kier molecular flexibility index (Phi) is 5.03. The van der Waals surface area contributed by atoms with E-state index in [0.717, 1.165) is 18.5 Å². The summed E-state index contributed by atoms with van der Waals surface area (Å²) in [5, 5.41) is 13.0. The lowest BCUT2D eigenvalue weighted by Gasteiger charge is -2.14. The Morgan fingerprint density at radius 1 is 1.41 bits per heavy atom. The van der Waals surface area contributed by atoms with Crippen LogP contribution in [0.5, 0.6) is 0 Å². The first kappa shape index (κ1) is 15.8. The molecule has 1 saturated heterocycles. The van der Waals surface area contributed by atoms with Crippen molar-refractivity contribution < 1.29 is 14.5 Å². The van der Waals surface area contributed by atoms with Crippen molar-refractivity contribution in [3.8, 4) is 0 Å². The Labute approximate surface area is 135 Å². The largest absolute Gasteiger partial charge is 0.491 e. The summed E-state index contributed by atoms with van der Waals surface area (Å²) in [6, 6.07) is 3.33. The van der Waals surface area contributed by atoms with Gasteiger partial charge in [-0.2, -0.15) is 0 Å². The molecule has 0 spiro atoms. The molecule has 2 N–H and O–H groups in total. The van der Waals surface area contributed by atoms with Gasteiger partial charge in [0.25, 0.3) is 5.91 Å². The Hall–Kier alpha value is -1.08. The highest BCUT2D eigenvalue weighted by atomic mass is 35.5. The van der Waals surface area contributed by atoms with Gasteiger partial charge in [0, 0.05) is 6.54 Å². The summed E-state index contributed by atoms with van der Waals surface area (Å²) in [5.41, 5.74) is 1.86. The fourth-order valence-electron chi connectivity index (χ4n) is 3.02.